The first-order chi connectivity index (χ1) is 8.00. The summed E-state index contributed by atoms with van der Waals surface area (Å²) in [5, 5.41) is 0. The van der Waals surface area contributed by atoms with E-state index in [-0.39, 0.29) is 20.3 Å². The molecule has 20 heteroatoms. The van der Waals surface area contributed by atoms with Crippen molar-refractivity contribution < 1.29 is 85.0 Å². The molecule has 0 saturated carbocycles. The van der Waals surface area contributed by atoms with Gasteiger partial charge in [0.05, 0.1) is 6.26 Å². The average molecular weight is 364 g/mol. The molecule has 0 radical (unpaired) electrons. The number of rotatable bonds is 0. The van der Waals surface area contributed by atoms with E-state index in [4.69, 9.17) is 4.55 Å². The van der Waals surface area contributed by atoms with Gasteiger partial charge in [0.1, 0.15) is 0 Å². The molecule has 21 heavy (non-hydrogen) atoms. The van der Waals surface area contributed by atoms with Gasteiger partial charge in [-0.25, -0.2) is 0 Å². The minimum Gasteiger partial charge on any atom is -1.00 e. The summed E-state index contributed by atoms with van der Waals surface area (Å²) in [6.07, 6.45) is 0.715. The Morgan fingerprint density at radius 3 is 0.667 bits per heavy atom. The maximum atomic E-state index is 9.75. The van der Waals surface area contributed by atoms with Crippen molar-refractivity contribution in [2.75, 3.05) is 6.26 Å². The Bertz CT molecular complexity index is 269. The fourth-order valence-corrected chi connectivity index (χ4v) is 0. The maximum Gasteiger partial charge on any atom is 1.00 e. The van der Waals surface area contributed by atoms with Gasteiger partial charge < -0.3 is 53.2 Å². The fraction of sp³-hybridized carbons (Fsp3) is 1.00. The van der Waals surface area contributed by atoms with Crippen molar-refractivity contribution in [3.05, 3.63) is 0 Å². The van der Waals surface area contributed by atoms with E-state index < -0.39 is 31.9 Å². The Kier molecular flexibility index (Phi) is 19.3. The molecule has 0 saturated heterocycles. The molecule has 3 nitrogen and oxygen atoms in total. The topological polar surface area (TPSA) is 54.4 Å². The molecule has 1 N–H and O–H groups in total. The molecule has 0 aliphatic carbocycles. The van der Waals surface area contributed by atoms with Crippen LogP contribution < -0.4 is 18.9 Å². The van der Waals surface area contributed by atoms with Crippen molar-refractivity contribution in [1.29, 1.82) is 0 Å². The van der Waals surface area contributed by atoms with Gasteiger partial charge in [-0.3, -0.25) is 4.55 Å². The van der Waals surface area contributed by atoms with Gasteiger partial charge in [0.2, 0.25) is 0 Å². The van der Waals surface area contributed by atoms with Crippen LogP contribution in [0.5, 0.6) is 0 Å². The molecule has 0 aromatic heterocycles. The van der Waals surface area contributed by atoms with E-state index in [9.17, 15) is 60.2 Å². The molecule has 130 valence electrons. The van der Waals surface area contributed by atoms with E-state index in [0.717, 1.165) is 0 Å². The predicted molar refractivity (Wildman–Crippen MR) is 49.1 cm³/mol. The van der Waals surface area contributed by atoms with E-state index in [2.05, 4.69) is 0 Å². The van der Waals surface area contributed by atoms with Crippen molar-refractivity contribution in [3.8, 4) is 0 Å². The van der Waals surface area contributed by atoms with Crippen LogP contribution in [0.15, 0.2) is 0 Å². The molecular weight excluding hydrogens is 359 g/mol. The third kappa shape index (κ3) is 334000. The zero-order valence-corrected chi connectivity index (χ0v) is 10.8. The minimum absolute atomic E-state index is 0. The molecule has 0 aromatic rings. The number of halogens is 12. The molecule has 0 fully saturated rings. The Balaban J connectivity index is -0.0000000376. The largest absolute Gasteiger partial charge is 1.00 e. The standard InChI is InChI=1S/CH4O3S.3BF4.Li.H/c1-5(2,3)4;3*2-1(3,4)5;;/h1H3,(H,2,3,4);;;;;/q;3*-1;+1;-1. The SMILES string of the molecule is CS(=O)(=O)O.F[B-](F)(F)F.F[B-](F)(F)F.F[B-](F)(F)F.[H-].[Li+]. The molecule has 0 spiro atoms. The smallest absolute Gasteiger partial charge is 1.00 e. The molecule has 0 unspecified atom stereocenters. The van der Waals surface area contributed by atoms with E-state index >= 15 is 0 Å². The second-order valence-electron chi connectivity index (χ2n) is 2.22. The van der Waals surface area contributed by atoms with Crippen LogP contribution in [0.4, 0.5) is 51.8 Å². The van der Waals surface area contributed by atoms with Crippen LogP contribution in [0.3, 0.4) is 0 Å². The molecule has 0 heterocycles. The van der Waals surface area contributed by atoms with Gasteiger partial charge in [0.15, 0.2) is 0 Å². The summed E-state index contributed by atoms with van der Waals surface area (Å²) in [5.74, 6) is 0. The molecular formula is CH5B3F12LiO3S-3. The van der Waals surface area contributed by atoms with E-state index in [0.29, 0.717) is 6.26 Å². The average Bonchev–Trinajstić information content (AvgIpc) is 1.62. The Morgan fingerprint density at radius 1 is 0.667 bits per heavy atom. The third-order valence-electron chi connectivity index (χ3n) is 0. The summed E-state index contributed by atoms with van der Waals surface area (Å²) < 4.78 is 143. The first-order valence-corrected chi connectivity index (χ1v) is 5.39. The van der Waals surface area contributed by atoms with Gasteiger partial charge in [0, 0.05) is 0 Å². The first-order valence-electron chi connectivity index (χ1n) is 3.54. The zero-order valence-electron chi connectivity index (χ0n) is 10.9. The summed E-state index contributed by atoms with van der Waals surface area (Å²) in [7, 11) is -21.7. The molecule has 0 bridgehead atoms. The van der Waals surface area contributed by atoms with Crippen molar-refractivity contribution in [1.82, 2.24) is 0 Å². The summed E-state index contributed by atoms with van der Waals surface area (Å²) >= 11 is 0. The van der Waals surface area contributed by atoms with Crippen molar-refractivity contribution in [2.45, 2.75) is 0 Å². The Hall–Kier alpha value is -0.138. The summed E-state index contributed by atoms with van der Waals surface area (Å²) in [6.45, 7) is 0. The minimum atomic E-state index is -6.00. The van der Waals surface area contributed by atoms with Gasteiger partial charge in [-0.05, 0) is 0 Å². The van der Waals surface area contributed by atoms with Crippen LogP contribution >= 0.6 is 0 Å². The molecule has 0 aromatic carbocycles. The summed E-state index contributed by atoms with van der Waals surface area (Å²) in [5.41, 5.74) is 0. The predicted octanol–water partition coefficient (Wildman–Crippen LogP) is 0.520. The second kappa shape index (κ2) is 12.4. The van der Waals surface area contributed by atoms with Gasteiger partial charge in [-0.1, -0.05) is 0 Å². The Labute approximate surface area is 124 Å². The molecule has 0 aliphatic heterocycles. The second-order valence-corrected chi connectivity index (χ2v) is 3.68. The van der Waals surface area contributed by atoms with Gasteiger partial charge in [-0.15, -0.1) is 0 Å². The third-order valence-corrected chi connectivity index (χ3v) is 0. The van der Waals surface area contributed by atoms with Crippen LogP contribution in [-0.2, 0) is 10.1 Å². The van der Waals surface area contributed by atoms with Crippen molar-refractivity contribution in [3.63, 3.8) is 0 Å². The molecule has 0 aliphatic rings. The van der Waals surface area contributed by atoms with Gasteiger partial charge in [0.25, 0.3) is 10.1 Å². The van der Waals surface area contributed by atoms with Gasteiger partial charge in [-0.2, -0.15) is 8.42 Å². The van der Waals surface area contributed by atoms with Crippen LogP contribution in [-0.4, -0.2) is 41.0 Å². The normalized spacial score (nSPS) is 11.3. The maximum absolute atomic E-state index is 9.75. The van der Waals surface area contributed by atoms with Crippen LogP contribution in [0, 0.1) is 0 Å². The number of hydrogen-bond donors (Lipinski definition) is 1. The Morgan fingerprint density at radius 2 is 0.667 bits per heavy atom. The summed E-state index contributed by atoms with van der Waals surface area (Å²) in [4.78, 5) is 0. The van der Waals surface area contributed by atoms with E-state index in [1.165, 1.54) is 0 Å². The van der Waals surface area contributed by atoms with Crippen molar-refractivity contribution >= 4 is 31.9 Å². The van der Waals surface area contributed by atoms with Crippen molar-refractivity contribution in [2.24, 2.45) is 0 Å². The summed E-state index contributed by atoms with van der Waals surface area (Å²) in [6, 6.07) is 0. The first kappa shape index (κ1) is 32.7. The number of hydrogen-bond acceptors (Lipinski definition) is 2. The molecule has 0 atom stereocenters. The quantitative estimate of drug-likeness (QED) is 0.387. The molecule has 0 rings (SSSR count). The van der Waals surface area contributed by atoms with Crippen LogP contribution in [0.2, 0.25) is 0 Å². The van der Waals surface area contributed by atoms with Crippen LogP contribution in [0.25, 0.3) is 0 Å². The fourth-order valence-electron chi connectivity index (χ4n) is 0. The van der Waals surface area contributed by atoms with E-state index in [1.54, 1.807) is 0 Å². The van der Waals surface area contributed by atoms with Gasteiger partial charge >= 0.3 is 40.6 Å². The van der Waals surface area contributed by atoms with E-state index in [1.807, 2.05) is 0 Å². The van der Waals surface area contributed by atoms with Crippen LogP contribution in [0.1, 0.15) is 1.43 Å². The zero-order chi connectivity index (χ0) is 18.0. The monoisotopic (exact) mass is 365 g/mol. The molecule has 0 amide bonds.